The van der Waals surface area contributed by atoms with Gasteiger partial charge in [-0.3, -0.25) is 9.69 Å². The number of hydrogen-bond acceptors (Lipinski definition) is 3. The van der Waals surface area contributed by atoms with Gasteiger partial charge in [0.05, 0.1) is 6.04 Å². The zero-order valence-electron chi connectivity index (χ0n) is 13.0. The first-order valence-corrected chi connectivity index (χ1v) is 7.83. The van der Waals surface area contributed by atoms with Crippen molar-refractivity contribution in [1.29, 1.82) is 0 Å². The van der Waals surface area contributed by atoms with Gasteiger partial charge in [0.2, 0.25) is 5.91 Å². The van der Waals surface area contributed by atoms with Crippen molar-refractivity contribution in [3.63, 3.8) is 0 Å². The van der Waals surface area contributed by atoms with E-state index in [1.807, 2.05) is 0 Å². The molecule has 1 heterocycles. The van der Waals surface area contributed by atoms with E-state index in [1.54, 1.807) is 0 Å². The maximum Gasteiger partial charge on any atom is 0.237 e. The van der Waals surface area contributed by atoms with Gasteiger partial charge in [-0.25, -0.2) is 0 Å². The Morgan fingerprint density at radius 2 is 2.05 bits per heavy atom. The third-order valence-corrected chi connectivity index (χ3v) is 3.96. The Kier molecular flexibility index (Phi) is 7.39. The van der Waals surface area contributed by atoms with Crippen LogP contribution in [0.4, 0.5) is 0 Å². The molecule has 0 aromatic rings. The molecule has 0 aromatic carbocycles. The summed E-state index contributed by atoms with van der Waals surface area (Å²) in [6, 6.07) is 0.497. The monoisotopic (exact) mass is 269 g/mol. The van der Waals surface area contributed by atoms with Crippen molar-refractivity contribution < 1.29 is 4.79 Å². The van der Waals surface area contributed by atoms with Crippen molar-refractivity contribution in [1.82, 2.24) is 15.5 Å². The molecule has 1 unspecified atom stereocenters. The summed E-state index contributed by atoms with van der Waals surface area (Å²) >= 11 is 0. The molecule has 1 amide bonds. The molecule has 1 fully saturated rings. The molecule has 0 radical (unpaired) electrons. The van der Waals surface area contributed by atoms with E-state index in [2.05, 4.69) is 43.2 Å². The molecular weight excluding hydrogens is 238 g/mol. The second-order valence-corrected chi connectivity index (χ2v) is 5.90. The van der Waals surface area contributed by atoms with E-state index in [1.165, 1.54) is 0 Å². The lowest BCUT2D eigenvalue weighted by Crippen LogP contribution is -2.48. The zero-order valence-corrected chi connectivity index (χ0v) is 13.0. The lowest BCUT2D eigenvalue weighted by molar-refractivity contribution is -0.123. The van der Waals surface area contributed by atoms with Gasteiger partial charge in [0.15, 0.2) is 0 Å². The molecule has 0 aromatic heterocycles. The highest BCUT2D eigenvalue weighted by Gasteiger charge is 2.23. The smallest absolute Gasteiger partial charge is 0.237 e. The molecule has 0 saturated carbocycles. The zero-order chi connectivity index (χ0) is 14.3. The van der Waals surface area contributed by atoms with E-state index < -0.39 is 0 Å². The molecule has 1 rings (SSSR count). The molecule has 2 atom stereocenters. The number of hydrogen-bond donors (Lipinski definition) is 2. The SMILES string of the molecule is CCN(CC)C(CNC(=O)[C@@H]1CCCN1)CC(C)C. The molecule has 1 aliphatic rings. The fourth-order valence-corrected chi connectivity index (χ4v) is 2.90. The second-order valence-electron chi connectivity index (χ2n) is 5.90. The fraction of sp³-hybridized carbons (Fsp3) is 0.933. The Hall–Kier alpha value is -0.610. The molecule has 1 aliphatic heterocycles. The summed E-state index contributed by atoms with van der Waals surface area (Å²) in [6.45, 7) is 12.7. The molecule has 1 saturated heterocycles. The number of nitrogens with zero attached hydrogens (tertiary/aromatic N) is 1. The van der Waals surface area contributed by atoms with Crippen LogP contribution in [0, 0.1) is 5.92 Å². The van der Waals surface area contributed by atoms with Gasteiger partial charge < -0.3 is 10.6 Å². The van der Waals surface area contributed by atoms with Crippen molar-refractivity contribution in [2.75, 3.05) is 26.2 Å². The van der Waals surface area contributed by atoms with Gasteiger partial charge in [-0.15, -0.1) is 0 Å². The second kappa shape index (κ2) is 8.54. The van der Waals surface area contributed by atoms with E-state index in [4.69, 9.17) is 0 Å². The minimum absolute atomic E-state index is 0.0383. The van der Waals surface area contributed by atoms with E-state index in [0.717, 1.165) is 45.4 Å². The molecule has 0 spiro atoms. The fourth-order valence-electron chi connectivity index (χ4n) is 2.90. The number of rotatable bonds is 8. The maximum absolute atomic E-state index is 12.0. The Morgan fingerprint density at radius 3 is 2.53 bits per heavy atom. The normalized spacial score (nSPS) is 21.1. The van der Waals surface area contributed by atoms with Crippen LogP contribution in [0.2, 0.25) is 0 Å². The molecule has 112 valence electrons. The molecular formula is C15H31N3O. The van der Waals surface area contributed by atoms with Crippen LogP contribution in [0.5, 0.6) is 0 Å². The summed E-state index contributed by atoms with van der Waals surface area (Å²) in [5.74, 6) is 0.838. The average molecular weight is 269 g/mol. The van der Waals surface area contributed by atoms with Crippen molar-refractivity contribution in [2.45, 2.75) is 59.0 Å². The minimum Gasteiger partial charge on any atom is -0.353 e. The van der Waals surface area contributed by atoms with Gasteiger partial charge in [0, 0.05) is 12.6 Å². The lowest BCUT2D eigenvalue weighted by atomic mass is 10.0. The molecule has 19 heavy (non-hydrogen) atoms. The predicted molar refractivity (Wildman–Crippen MR) is 80.2 cm³/mol. The van der Waals surface area contributed by atoms with Crippen molar-refractivity contribution in [3.05, 3.63) is 0 Å². The highest BCUT2D eigenvalue weighted by atomic mass is 16.2. The Morgan fingerprint density at radius 1 is 1.37 bits per heavy atom. The predicted octanol–water partition coefficient (Wildman–Crippen LogP) is 1.61. The van der Waals surface area contributed by atoms with Crippen LogP contribution in [0.3, 0.4) is 0 Å². The van der Waals surface area contributed by atoms with Crippen LogP contribution in [-0.2, 0) is 4.79 Å². The van der Waals surface area contributed by atoms with Crippen LogP contribution >= 0.6 is 0 Å². The first-order valence-electron chi connectivity index (χ1n) is 7.83. The largest absolute Gasteiger partial charge is 0.353 e. The summed E-state index contributed by atoms with van der Waals surface area (Å²) in [7, 11) is 0. The summed E-state index contributed by atoms with van der Waals surface area (Å²) in [5, 5.41) is 6.39. The van der Waals surface area contributed by atoms with Gasteiger partial charge in [-0.2, -0.15) is 0 Å². The van der Waals surface area contributed by atoms with Crippen LogP contribution < -0.4 is 10.6 Å². The quantitative estimate of drug-likeness (QED) is 0.704. The average Bonchev–Trinajstić information content (AvgIpc) is 2.90. The van der Waals surface area contributed by atoms with Crippen molar-refractivity contribution in [3.8, 4) is 0 Å². The Balaban J connectivity index is 2.44. The molecule has 4 heteroatoms. The number of likely N-dealkylation sites (N-methyl/N-ethyl adjacent to an activating group) is 1. The van der Waals surface area contributed by atoms with Crippen LogP contribution in [0.25, 0.3) is 0 Å². The minimum atomic E-state index is 0.0383. The number of nitrogens with one attached hydrogen (secondary N) is 2. The molecule has 0 bridgehead atoms. The van der Waals surface area contributed by atoms with Gasteiger partial charge >= 0.3 is 0 Å². The van der Waals surface area contributed by atoms with Crippen LogP contribution in [-0.4, -0.2) is 49.1 Å². The Labute approximate surface area is 118 Å². The van der Waals surface area contributed by atoms with Crippen molar-refractivity contribution in [2.24, 2.45) is 5.92 Å². The first-order chi connectivity index (χ1) is 9.08. The van der Waals surface area contributed by atoms with Gasteiger partial charge in [0.1, 0.15) is 0 Å². The first kappa shape index (κ1) is 16.4. The summed E-state index contributed by atoms with van der Waals surface area (Å²) in [6.07, 6.45) is 3.23. The maximum atomic E-state index is 12.0. The number of carbonyl (C=O) groups is 1. The van der Waals surface area contributed by atoms with Crippen LogP contribution in [0.1, 0.15) is 47.0 Å². The summed E-state index contributed by atoms with van der Waals surface area (Å²) in [5.41, 5.74) is 0. The lowest BCUT2D eigenvalue weighted by Gasteiger charge is -2.31. The third kappa shape index (κ3) is 5.49. The van der Waals surface area contributed by atoms with Gasteiger partial charge in [-0.05, 0) is 44.8 Å². The van der Waals surface area contributed by atoms with Gasteiger partial charge in [0.25, 0.3) is 0 Å². The Bertz CT molecular complexity index is 258. The highest BCUT2D eigenvalue weighted by Crippen LogP contribution is 2.11. The highest BCUT2D eigenvalue weighted by molar-refractivity contribution is 5.82. The third-order valence-electron chi connectivity index (χ3n) is 3.96. The molecule has 0 aliphatic carbocycles. The van der Waals surface area contributed by atoms with Gasteiger partial charge in [-0.1, -0.05) is 27.7 Å². The topological polar surface area (TPSA) is 44.4 Å². The molecule has 2 N–H and O–H groups in total. The van der Waals surface area contributed by atoms with Crippen LogP contribution in [0.15, 0.2) is 0 Å². The van der Waals surface area contributed by atoms with E-state index in [0.29, 0.717) is 12.0 Å². The summed E-state index contributed by atoms with van der Waals surface area (Å²) in [4.78, 5) is 14.5. The van der Waals surface area contributed by atoms with E-state index in [-0.39, 0.29) is 11.9 Å². The van der Waals surface area contributed by atoms with Crippen molar-refractivity contribution >= 4 is 5.91 Å². The van der Waals surface area contributed by atoms with E-state index in [9.17, 15) is 4.79 Å². The molecule has 4 nitrogen and oxygen atoms in total. The summed E-state index contributed by atoms with van der Waals surface area (Å²) < 4.78 is 0. The van der Waals surface area contributed by atoms with E-state index >= 15 is 0 Å². The number of carbonyl (C=O) groups excluding carboxylic acids is 1. The standard InChI is InChI=1S/C15H31N3O/c1-5-18(6-2)13(10-12(3)4)11-17-15(19)14-8-7-9-16-14/h12-14,16H,5-11H2,1-4H3,(H,17,19)/t13?,14-/m0/s1. The number of amides is 1.